The van der Waals surface area contributed by atoms with Gasteiger partial charge in [0.15, 0.2) is 0 Å². The van der Waals surface area contributed by atoms with E-state index in [0.717, 1.165) is 0 Å². The lowest BCUT2D eigenvalue weighted by Gasteiger charge is -2.30. The summed E-state index contributed by atoms with van der Waals surface area (Å²) in [4.78, 5) is 31.8. The van der Waals surface area contributed by atoms with Gasteiger partial charge in [0.05, 0.1) is 29.2 Å². The number of anilines is 1. The molecule has 3 rings (SSSR count). The number of nitrogens with zero attached hydrogens (tertiary/aromatic N) is 3. The second-order valence-electron chi connectivity index (χ2n) is 6.77. The number of ether oxygens (including phenoxy) is 1. The number of methoxy groups -OCH3 is 1. The van der Waals surface area contributed by atoms with Gasteiger partial charge >= 0.3 is 6.03 Å². The number of halogens is 2. The molecule has 158 valence electrons. The van der Waals surface area contributed by atoms with Crippen molar-refractivity contribution in [2.75, 3.05) is 25.6 Å². The fourth-order valence-corrected chi connectivity index (χ4v) is 3.36. The summed E-state index contributed by atoms with van der Waals surface area (Å²) < 4.78 is 20.5. The van der Waals surface area contributed by atoms with Crippen LogP contribution in [-0.4, -0.2) is 40.7 Å². The number of carbonyl (C=O) groups excluding carboxylic acids is 1. The molecule has 1 N–H and O–H groups in total. The van der Waals surface area contributed by atoms with Gasteiger partial charge in [-0.05, 0) is 37.3 Å². The zero-order valence-corrected chi connectivity index (χ0v) is 17.6. The number of rotatable bonds is 6. The lowest BCUT2D eigenvalue weighted by molar-refractivity contribution is 0.136. The number of para-hydroxylation sites is 1. The molecule has 1 aromatic heterocycles. The van der Waals surface area contributed by atoms with Crippen molar-refractivity contribution in [3.8, 4) is 0 Å². The zero-order chi connectivity index (χ0) is 21.8. The minimum Gasteiger partial charge on any atom is -0.383 e. The summed E-state index contributed by atoms with van der Waals surface area (Å²) in [6, 6.07) is 9.65. The minimum absolute atomic E-state index is 0.0621. The Hall–Kier alpha value is -2.97. The van der Waals surface area contributed by atoms with E-state index in [1.807, 2.05) is 0 Å². The van der Waals surface area contributed by atoms with Crippen molar-refractivity contribution in [1.82, 2.24) is 14.5 Å². The molecule has 0 radical (unpaired) electrons. The van der Waals surface area contributed by atoms with E-state index in [1.54, 1.807) is 38.2 Å². The maximum absolute atomic E-state index is 14.0. The largest absolute Gasteiger partial charge is 0.383 e. The number of fused-ring (bicyclic) bond motifs is 1. The lowest BCUT2D eigenvalue weighted by atomic mass is 10.2. The van der Waals surface area contributed by atoms with Gasteiger partial charge in [0, 0.05) is 25.7 Å². The highest BCUT2D eigenvalue weighted by atomic mass is 35.5. The maximum Gasteiger partial charge on any atom is 0.322 e. The van der Waals surface area contributed by atoms with Gasteiger partial charge in [-0.3, -0.25) is 9.36 Å². The number of benzene rings is 2. The molecule has 30 heavy (non-hydrogen) atoms. The van der Waals surface area contributed by atoms with E-state index >= 15 is 0 Å². The molecule has 0 bridgehead atoms. The number of amides is 2. The van der Waals surface area contributed by atoms with Crippen molar-refractivity contribution in [2.45, 2.75) is 13.0 Å². The molecule has 1 heterocycles. The number of carbonyl (C=O) groups is 1. The molecular weight excluding hydrogens is 411 g/mol. The molecule has 2 aromatic carbocycles. The van der Waals surface area contributed by atoms with Crippen molar-refractivity contribution in [2.24, 2.45) is 7.05 Å². The third-order valence-corrected chi connectivity index (χ3v) is 5.06. The van der Waals surface area contributed by atoms with Gasteiger partial charge in [-0.25, -0.2) is 14.2 Å². The Morgan fingerprint density at radius 3 is 2.77 bits per heavy atom. The fourth-order valence-electron chi connectivity index (χ4n) is 3.18. The quantitative estimate of drug-likeness (QED) is 0.639. The van der Waals surface area contributed by atoms with Crippen molar-refractivity contribution in [1.29, 1.82) is 0 Å². The average Bonchev–Trinajstić information content (AvgIpc) is 2.73. The second-order valence-corrected chi connectivity index (χ2v) is 7.20. The average molecular weight is 433 g/mol. The van der Waals surface area contributed by atoms with E-state index < -0.39 is 17.9 Å². The van der Waals surface area contributed by atoms with Gasteiger partial charge in [-0.2, -0.15) is 0 Å². The van der Waals surface area contributed by atoms with Crippen LogP contribution in [0.2, 0.25) is 5.02 Å². The van der Waals surface area contributed by atoms with E-state index in [4.69, 9.17) is 16.3 Å². The predicted octanol–water partition coefficient (Wildman–Crippen LogP) is 3.97. The topological polar surface area (TPSA) is 76.5 Å². The van der Waals surface area contributed by atoms with E-state index in [9.17, 15) is 14.0 Å². The molecule has 0 spiro atoms. The first-order valence-corrected chi connectivity index (χ1v) is 9.68. The number of nitrogens with one attached hydrogen (secondary N) is 1. The molecule has 0 saturated carbocycles. The third kappa shape index (κ3) is 4.44. The number of aromatic nitrogens is 2. The van der Waals surface area contributed by atoms with Crippen LogP contribution in [0.3, 0.4) is 0 Å². The molecule has 0 aliphatic heterocycles. The summed E-state index contributed by atoms with van der Waals surface area (Å²) in [6.07, 6.45) is 0. The Bertz CT molecular complexity index is 1130. The Balaban J connectivity index is 1.99. The monoisotopic (exact) mass is 432 g/mol. The van der Waals surface area contributed by atoms with Gasteiger partial charge in [0.1, 0.15) is 11.6 Å². The van der Waals surface area contributed by atoms with E-state index in [0.29, 0.717) is 21.7 Å². The minimum atomic E-state index is -0.593. The fraction of sp³-hybridized carbons (Fsp3) is 0.286. The Morgan fingerprint density at radius 2 is 2.07 bits per heavy atom. The molecule has 1 unspecified atom stereocenters. The predicted molar refractivity (Wildman–Crippen MR) is 114 cm³/mol. The molecule has 3 aromatic rings. The molecule has 0 fully saturated rings. The van der Waals surface area contributed by atoms with Gasteiger partial charge < -0.3 is 15.0 Å². The number of hydrogen-bond acceptors (Lipinski definition) is 4. The van der Waals surface area contributed by atoms with Crippen LogP contribution in [0.4, 0.5) is 14.9 Å². The molecule has 7 nitrogen and oxygen atoms in total. The van der Waals surface area contributed by atoms with E-state index in [2.05, 4.69) is 10.3 Å². The second kappa shape index (κ2) is 9.23. The summed E-state index contributed by atoms with van der Waals surface area (Å²) in [6.45, 7) is 2.22. The van der Waals surface area contributed by atoms with Crippen LogP contribution in [0.25, 0.3) is 10.9 Å². The number of hydrogen-bond donors (Lipinski definition) is 1. The highest BCUT2D eigenvalue weighted by Gasteiger charge is 2.26. The standard InChI is InChI=1S/C21H22ClFN4O3/c1-13(19-24-17-9-8-14(22)12-15(17)20(28)26(19)2)27(10-11-30-3)21(29)25-18-7-5-4-6-16(18)23/h4-9,12-13H,10-11H2,1-3H3,(H,25,29). The first-order chi connectivity index (χ1) is 14.3. The summed E-state index contributed by atoms with van der Waals surface area (Å²) in [7, 11) is 3.11. The van der Waals surface area contributed by atoms with Crippen molar-refractivity contribution >= 4 is 34.2 Å². The zero-order valence-electron chi connectivity index (χ0n) is 16.9. The van der Waals surface area contributed by atoms with Crippen molar-refractivity contribution in [3.63, 3.8) is 0 Å². The van der Waals surface area contributed by atoms with E-state index in [-0.39, 0.29) is 24.4 Å². The first-order valence-electron chi connectivity index (χ1n) is 9.30. The Morgan fingerprint density at radius 1 is 1.33 bits per heavy atom. The van der Waals surface area contributed by atoms with Crippen LogP contribution in [0, 0.1) is 5.82 Å². The van der Waals surface area contributed by atoms with Crippen LogP contribution in [-0.2, 0) is 11.8 Å². The molecular formula is C21H22ClFN4O3. The SMILES string of the molecule is COCCN(C(=O)Nc1ccccc1F)C(C)c1nc2ccc(Cl)cc2c(=O)n1C. The molecule has 0 aliphatic rings. The number of urea groups is 1. The summed E-state index contributed by atoms with van der Waals surface area (Å²) in [5.41, 5.74) is 0.267. The highest BCUT2D eigenvalue weighted by molar-refractivity contribution is 6.31. The normalized spacial score (nSPS) is 12.0. The summed E-state index contributed by atoms with van der Waals surface area (Å²) in [5.74, 6) is -0.159. The summed E-state index contributed by atoms with van der Waals surface area (Å²) >= 11 is 6.00. The van der Waals surface area contributed by atoms with E-state index in [1.165, 1.54) is 34.8 Å². The van der Waals surface area contributed by atoms with Crippen LogP contribution >= 0.6 is 11.6 Å². The van der Waals surface area contributed by atoms with Gasteiger partial charge in [-0.15, -0.1) is 0 Å². The lowest BCUT2D eigenvalue weighted by Crippen LogP contribution is -2.41. The molecule has 1 atom stereocenters. The van der Waals surface area contributed by atoms with Crippen LogP contribution in [0.1, 0.15) is 18.8 Å². The van der Waals surface area contributed by atoms with Crippen molar-refractivity contribution < 1.29 is 13.9 Å². The van der Waals surface area contributed by atoms with Gasteiger partial charge in [-0.1, -0.05) is 23.7 Å². The van der Waals surface area contributed by atoms with Crippen LogP contribution < -0.4 is 10.9 Å². The Kier molecular flexibility index (Phi) is 6.69. The summed E-state index contributed by atoms with van der Waals surface area (Å²) in [5, 5.41) is 3.40. The Labute approximate surface area is 178 Å². The smallest absolute Gasteiger partial charge is 0.322 e. The first kappa shape index (κ1) is 21.7. The molecule has 2 amide bonds. The molecule has 9 heteroatoms. The molecule has 0 saturated heterocycles. The van der Waals surface area contributed by atoms with Gasteiger partial charge in [0.25, 0.3) is 5.56 Å². The van der Waals surface area contributed by atoms with Crippen LogP contribution in [0.15, 0.2) is 47.3 Å². The van der Waals surface area contributed by atoms with Gasteiger partial charge in [0.2, 0.25) is 0 Å². The third-order valence-electron chi connectivity index (χ3n) is 4.83. The highest BCUT2D eigenvalue weighted by Crippen LogP contribution is 2.22. The van der Waals surface area contributed by atoms with Crippen molar-refractivity contribution in [3.05, 3.63) is 69.5 Å². The van der Waals surface area contributed by atoms with Crippen LogP contribution in [0.5, 0.6) is 0 Å². The molecule has 0 aliphatic carbocycles. The maximum atomic E-state index is 14.0.